The Kier molecular flexibility index (Phi) is 7.36. The second-order valence-electron chi connectivity index (χ2n) is 9.51. The molecule has 4 heterocycles. The van der Waals surface area contributed by atoms with Gasteiger partial charge in [0.15, 0.2) is 11.3 Å². The molecule has 5 rings (SSSR count). The summed E-state index contributed by atoms with van der Waals surface area (Å²) in [6.45, 7) is 5.07. The number of rotatable bonds is 6. The van der Waals surface area contributed by atoms with Gasteiger partial charge in [-0.15, -0.1) is 11.3 Å². The Morgan fingerprint density at radius 3 is 2.41 bits per heavy atom. The van der Waals surface area contributed by atoms with E-state index in [2.05, 4.69) is 15.0 Å². The van der Waals surface area contributed by atoms with Gasteiger partial charge >= 0.3 is 6.18 Å². The van der Waals surface area contributed by atoms with Crippen LogP contribution in [-0.2, 0) is 6.18 Å². The van der Waals surface area contributed by atoms with E-state index in [1.54, 1.807) is 40.5 Å². The summed E-state index contributed by atoms with van der Waals surface area (Å²) < 4.78 is 48.5. The summed E-state index contributed by atoms with van der Waals surface area (Å²) in [7, 11) is 1.50. The summed E-state index contributed by atoms with van der Waals surface area (Å²) >= 11 is 1.59. The minimum atomic E-state index is -4.72. The number of carbonyl (C=O) groups excluding carboxylic acids is 1. The lowest BCUT2D eigenvalue weighted by atomic mass is 10.0. The van der Waals surface area contributed by atoms with Crippen LogP contribution in [0.3, 0.4) is 0 Å². The molecule has 0 bridgehead atoms. The number of carbonyl (C=O) groups is 1. The van der Waals surface area contributed by atoms with E-state index >= 15 is 0 Å². The van der Waals surface area contributed by atoms with Crippen LogP contribution in [0.4, 0.5) is 13.2 Å². The van der Waals surface area contributed by atoms with E-state index in [0.29, 0.717) is 42.0 Å². The SMILES string of the molecule is COc1ccc(-c2nc3c(C(=O)N4CCN([C@H](CO)c5cc(C)cs5)CC4)cnn3c(C(F)(F)F)c2C)cc1. The number of methoxy groups -OCH3 is 1. The Balaban J connectivity index is 1.46. The van der Waals surface area contributed by atoms with Crippen molar-refractivity contribution in [3.05, 3.63) is 69.2 Å². The largest absolute Gasteiger partial charge is 0.497 e. The summed E-state index contributed by atoms with van der Waals surface area (Å²) in [4.78, 5) is 22.8. The number of ether oxygens (including phenoxy) is 1. The Hall–Kier alpha value is -3.48. The van der Waals surface area contributed by atoms with Gasteiger partial charge in [-0.05, 0) is 55.1 Å². The molecule has 1 amide bonds. The monoisotopic (exact) mass is 559 g/mol. The number of aliphatic hydroxyl groups is 1. The van der Waals surface area contributed by atoms with Crippen LogP contribution in [0.1, 0.15) is 38.1 Å². The first-order chi connectivity index (χ1) is 18.6. The summed E-state index contributed by atoms with van der Waals surface area (Å²) in [6.07, 6.45) is -3.56. The van der Waals surface area contributed by atoms with Crippen molar-refractivity contribution in [1.82, 2.24) is 24.4 Å². The van der Waals surface area contributed by atoms with Crippen LogP contribution >= 0.6 is 11.3 Å². The number of fused-ring (bicyclic) bond motifs is 1. The van der Waals surface area contributed by atoms with Gasteiger partial charge in [0, 0.05) is 42.2 Å². The van der Waals surface area contributed by atoms with Crippen LogP contribution in [0.5, 0.6) is 5.75 Å². The molecule has 1 aromatic carbocycles. The molecule has 0 radical (unpaired) electrons. The van der Waals surface area contributed by atoms with E-state index in [1.165, 1.54) is 14.0 Å². The number of aryl methyl sites for hydroxylation is 1. The van der Waals surface area contributed by atoms with Gasteiger partial charge in [0.2, 0.25) is 0 Å². The lowest BCUT2D eigenvalue weighted by molar-refractivity contribution is -0.143. The molecule has 4 aromatic rings. The fourth-order valence-corrected chi connectivity index (χ4v) is 6.03. The van der Waals surface area contributed by atoms with E-state index in [-0.39, 0.29) is 35.1 Å². The number of piperazine rings is 1. The normalized spacial score (nSPS) is 15.6. The first-order valence-corrected chi connectivity index (χ1v) is 13.3. The molecule has 8 nitrogen and oxygen atoms in total. The van der Waals surface area contributed by atoms with E-state index in [4.69, 9.17) is 4.74 Å². The van der Waals surface area contributed by atoms with Crippen LogP contribution < -0.4 is 4.74 Å². The molecule has 1 atom stereocenters. The zero-order chi connectivity index (χ0) is 27.9. The predicted octanol–water partition coefficient (Wildman–Crippen LogP) is 4.59. The fourth-order valence-electron chi connectivity index (χ4n) is 5.01. The molecule has 1 saturated heterocycles. The highest BCUT2D eigenvalue weighted by atomic mass is 32.1. The zero-order valence-corrected chi connectivity index (χ0v) is 22.5. The van der Waals surface area contributed by atoms with E-state index in [0.717, 1.165) is 16.6 Å². The number of aliphatic hydroxyl groups excluding tert-OH is 1. The highest BCUT2D eigenvalue weighted by Crippen LogP contribution is 2.37. The standard InChI is InChI=1S/C27H28F3N5O3S/c1-16-12-22(39-15-16)21(14-36)33-8-10-34(11-9-33)26(37)20-13-31-35-24(27(28,29)30)17(2)23(32-25(20)35)18-4-6-19(38-3)7-5-18/h4-7,12-13,15,21,36H,8-11,14H2,1-3H3/t21-/m1/s1. The number of thiophene rings is 1. The average molecular weight is 560 g/mol. The number of amides is 1. The quantitative estimate of drug-likeness (QED) is 0.372. The molecule has 1 aliphatic rings. The number of hydrogen-bond donors (Lipinski definition) is 1. The third kappa shape index (κ3) is 5.11. The van der Waals surface area contributed by atoms with Gasteiger partial charge in [-0.25, -0.2) is 9.50 Å². The van der Waals surface area contributed by atoms with Gasteiger partial charge in [0.05, 0.1) is 31.6 Å². The number of hydrogen-bond acceptors (Lipinski definition) is 7. The van der Waals surface area contributed by atoms with Crippen molar-refractivity contribution < 1.29 is 27.8 Å². The van der Waals surface area contributed by atoms with Crippen LogP contribution in [-0.4, -0.2) is 75.3 Å². The highest BCUT2D eigenvalue weighted by molar-refractivity contribution is 7.10. The van der Waals surface area contributed by atoms with E-state index in [9.17, 15) is 23.1 Å². The van der Waals surface area contributed by atoms with Gasteiger partial charge < -0.3 is 14.7 Å². The average Bonchev–Trinajstić information content (AvgIpc) is 3.54. The van der Waals surface area contributed by atoms with E-state index in [1.807, 2.05) is 18.4 Å². The van der Waals surface area contributed by atoms with Crippen molar-refractivity contribution in [2.24, 2.45) is 0 Å². The minimum absolute atomic E-state index is 0.0105. The van der Waals surface area contributed by atoms with Gasteiger partial charge in [-0.3, -0.25) is 9.69 Å². The molecule has 39 heavy (non-hydrogen) atoms. The maximum atomic E-state index is 14.2. The van der Waals surface area contributed by atoms with Crippen LogP contribution in [0.15, 0.2) is 41.9 Å². The van der Waals surface area contributed by atoms with Crippen molar-refractivity contribution >= 4 is 22.9 Å². The number of nitrogens with zero attached hydrogens (tertiary/aromatic N) is 5. The zero-order valence-electron chi connectivity index (χ0n) is 21.7. The molecule has 3 aromatic heterocycles. The predicted molar refractivity (Wildman–Crippen MR) is 141 cm³/mol. The molecule has 1 aliphatic heterocycles. The molecule has 206 valence electrons. The second kappa shape index (κ2) is 10.6. The Morgan fingerprint density at radius 1 is 1.15 bits per heavy atom. The molecule has 1 fully saturated rings. The number of aromatic nitrogens is 3. The lowest BCUT2D eigenvalue weighted by Crippen LogP contribution is -2.50. The first kappa shape index (κ1) is 27.1. The van der Waals surface area contributed by atoms with Gasteiger partial charge in [0.1, 0.15) is 11.3 Å². The number of alkyl halides is 3. The Labute approximate surface area is 227 Å². The fraction of sp³-hybridized carbons (Fsp3) is 0.370. The second-order valence-corrected chi connectivity index (χ2v) is 10.4. The summed E-state index contributed by atoms with van der Waals surface area (Å²) in [5.41, 5.74) is 0.520. The lowest BCUT2D eigenvalue weighted by Gasteiger charge is -2.38. The van der Waals surface area contributed by atoms with Gasteiger partial charge in [-0.2, -0.15) is 18.3 Å². The Morgan fingerprint density at radius 2 is 1.85 bits per heavy atom. The van der Waals surface area contributed by atoms with Crippen molar-refractivity contribution in [2.75, 3.05) is 39.9 Å². The third-order valence-electron chi connectivity index (χ3n) is 7.04. The molecule has 0 aliphatic carbocycles. The van der Waals surface area contributed by atoms with Gasteiger partial charge in [0.25, 0.3) is 5.91 Å². The van der Waals surface area contributed by atoms with Gasteiger partial charge in [-0.1, -0.05) is 0 Å². The molecule has 12 heteroatoms. The van der Waals surface area contributed by atoms with E-state index < -0.39 is 17.8 Å². The minimum Gasteiger partial charge on any atom is -0.497 e. The summed E-state index contributed by atoms with van der Waals surface area (Å²) in [6, 6.07) is 8.45. The molecule has 0 saturated carbocycles. The summed E-state index contributed by atoms with van der Waals surface area (Å²) in [5, 5.41) is 16.0. The molecule has 0 spiro atoms. The molecule has 0 unspecified atom stereocenters. The molecule has 1 N–H and O–H groups in total. The molecular weight excluding hydrogens is 531 g/mol. The van der Waals surface area contributed by atoms with Crippen LogP contribution in [0.25, 0.3) is 16.9 Å². The number of halogens is 3. The maximum Gasteiger partial charge on any atom is 0.433 e. The maximum absolute atomic E-state index is 14.2. The summed E-state index contributed by atoms with van der Waals surface area (Å²) in [5.74, 6) is 0.132. The third-order valence-corrected chi connectivity index (χ3v) is 8.19. The molecular formula is C27H28F3N5O3S. The van der Waals surface area contributed by atoms with Crippen LogP contribution in [0, 0.1) is 13.8 Å². The number of benzene rings is 1. The topological polar surface area (TPSA) is 83.2 Å². The Bertz CT molecular complexity index is 1490. The van der Waals surface area contributed by atoms with Crippen molar-refractivity contribution in [1.29, 1.82) is 0 Å². The van der Waals surface area contributed by atoms with Crippen molar-refractivity contribution in [2.45, 2.75) is 26.1 Å². The van der Waals surface area contributed by atoms with Crippen molar-refractivity contribution in [3.63, 3.8) is 0 Å². The smallest absolute Gasteiger partial charge is 0.433 e. The van der Waals surface area contributed by atoms with Crippen LogP contribution in [0.2, 0.25) is 0 Å². The first-order valence-electron chi connectivity index (χ1n) is 12.4. The van der Waals surface area contributed by atoms with Crippen molar-refractivity contribution in [3.8, 4) is 17.0 Å². The highest BCUT2D eigenvalue weighted by Gasteiger charge is 2.39.